The van der Waals surface area contributed by atoms with Gasteiger partial charge >= 0.3 is 0 Å². The zero-order valence-electron chi connectivity index (χ0n) is 14.1. The maximum Gasteiger partial charge on any atom is 0.275 e. The summed E-state index contributed by atoms with van der Waals surface area (Å²) >= 11 is 0. The number of likely N-dealkylation sites (tertiary alicyclic amines) is 1. The first kappa shape index (κ1) is 16.3. The second kappa shape index (κ2) is 7.35. The molecule has 0 spiro atoms. The van der Waals surface area contributed by atoms with E-state index < -0.39 is 0 Å². The van der Waals surface area contributed by atoms with Gasteiger partial charge in [0.05, 0.1) is 12.8 Å². The summed E-state index contributed by atoms with van der Waals surface area (Å²) in [7, 11) is 0. The van der Waals surface area contributed by atoms with E-state index in [1.165, 1.54) is 12.7 Å². The molecule has 7 nitrogen and oxygen atoms in total. The molecule has 7 heteroatoms. The molecule has 1 amide bonds. The number of hydrogen-bond donors (Lipinski definition) is 0. The number of amides is 1. The van der Waals surface area contributed by atoms with Gasteiger partial charge in [0.1, 0.15) is 12.0 Å². The maximum absolute atomic E-state index is 12.6. The summed E-state index contributed by atoms with van der Waals surface area (Å²) in [6, 6.07) is 9.55. The minimum Gasteiger partial charge on any atom is -0.492 e. The fourth-order valence-corrected chi connectivity index (χ4v) is 3.25. The van der Waals surface area contributed by atoms with Gasteiger partial charge in [-0.1, -0.05) is 6.07 Å². The Balaban J connectivity index is 1.52. The van der Waals surface area contributed by atoms with Crippen molar-refractivity contribution in [2.75, 3.05) is 19.7 Å². The van der Waals surface area contributed by atoms with Crippen LogP contribution in [0.15, 0.2) is 66.0 Å². The Morgan fingerprint density at radius 3 is 2.88 bits per heavy atom. The molecule has 1 aliphatic heterocycles. The van der Waals surface area contributed by atoms with Crippen molar-refractivity contribution in [2.45, 2.75) is 5.92 Å². The molecule has 0 saturated carbocycles. The predicted molar refractivity (Wildman–Crippen MR) is 92.6 cm³/mol. The number of hydrogen-bond acceptors (Lipinski definition) is 6. The van der Waals surface area contributed by atoms with E-state index in [1.807, 2.05) is 30.3 Å². The highest BCUT2D eigenvalue weighted by Gasteiger charge is 2.38. The van der Waals surface area contributed by atoms with Crippen molar-refractivity contribution in [3.63, 3.8) is 0 Å². The Kier molecular flexibility index (Phi) is 4.59. The van der Waals surface area contributed by atoms with Crippen LogP contribution in [0, 0.1) is 5.92 Å². The van der Waals surface area contributed by atoms with Crippen LogP contribution in [0.3, 0.4) is 0 Å². The number of aromatic nitrogens is 3. The summed E-state index contributed by atoms with van der Waals surface area (Å²) in [6.45, 7) is 1.63. The van der Waals surface area contributed by atoms with Crippen LogP contribution in [0.4, 0.5) is 0 Å². The van der Waals surface area contributed by atoms with Crippen LogP contribution < -0.4 is 4.74 Å². The molecule has 1 fully saturated rings. The summed E-state index contributed by atoms with van der Waals surface area (Å²) in [5, 5.41) is 0. The van der Waals surface area contributed by atoms with Gasteiger partial charge in [0.2, 0.25) is 0 Å². The van der Waals surface area contributed by atoms with Crippen molar-refractivity contribution >= 4 is 5.91 Å². The molecule has 0 bridgehead atoms. The molecule has 0 N–H and O–H groups in total. The van der Waals surface area contributed by atoms with Gasteiger partial charge in [-0.05, 0) is 24.3 Å². The Hall–Kier alpha value is -3.22. The van der Waals surface area contributed by atoms with Crippen LogP contribution in [0.25, 0.3) is 0 Å². The molecule has 4 rings (SSSR count). The lowest BCUT2D eigenvalue weighted by Crippen LogP contribution is -2.29. The van der Waals surface area contributed by atoms with Crippen molar-refractivity contribution in [2.24, 2.45) is 5.92 Å². The van der Waals surface area contributed by atoms with E-state index >= 15 is 0 Å². The first-order chi connectivity index (χ1) is 12.8. The zero-order chi connectivity index (χ0) is 17.8. The Morgan fingerprint density at radius 2 is 2.15 bits per heavy atom. The zero-order valence-corrected chi connectivity index (χ0v) is 14.1. The highest BCUT2D eigenvalue weighted by atomic mass is 16.5. The first-order valence-corrected chi connectivity index (χ1v) is 8.42. The summed E-state index contributed by atoms with van der Waals surface area (Å²) in [5.74, 6) is 0.807. The molecular weight excluding hydrogens is 332 g/mol. The van der Waals surface area contributed by atoms with Crippen molar-refractivity contribution < 1.29 is 13.9 Å². The van der Waals surface area contributed by atoms with E-state index in [9.17, 15) is 4.79 Å². The molecule has 3 aromatic rings. The van der Waals surface area contributed by atoms with E-state index in [4.69, 9.17) is 9.15 Å². The molecule has 2 atom stereocenters. The lowest BCUT2D eigenvalue weighted by molar-refractivity contribution is 0.0776. The lowest BCUT2D eigenvalue weighted by atomic mass is 9.93. The average Bonchev–Trinajstić information content (AvgIpc) is 3.37. The third kappa shape index (κ3) is 3.42. The highest BCUT2D eigenvalue weighted by molar-refractivity contribution is 5.92. The number of ether oxygens (including phenoxy) is 1. The standard InChI is InChI=1S/C19H18N4O3/c24-19(18-12-25-13-22-18)23-9-14(11-26-15-4-3-6-20-8-15)16(10-23)17-5-1-2-7-21-17/h1-8,12-14,16H,9-11H2/t14-,16+/m0/s1. The number of oxazole rings is 1. The molecule has 132 valence electrons. The number of nitrogens with zero attached hydrogens (tertiary/aromatic N) is 4. The van der Waals surface area contributed by atoms with Crippen LogP contribution in [-0.4, -0.2) is 45.5 Å². The summed E-state index contributed by atoms with van der Waals surface area (Å²) in [5.41, 5.74) is 1.28. The highest BCUT2D eigenvalue weighted by Crippen LogP contribution is 2.32. The Labute approximate surface area is 150 Å². The van der Waals surface area contributed by atoms with Gasteiger partial charge in [-0.3, -0.25) is 14.8 Å². The summed E-state index contributed by atoms with van der Waals surface area (Å²) in [4.78, 5) is 26.9. The third-order valence-electron chi connectivity index (χ3n) is 4.55. The molecule has 1 saturated heterocycles. The van der Waals surface area contributed by atoms with Gasteiger partial charge in [0.15, 0.2) is 12.1 Å². The molecule has 0 unspecified atom stereocenters. The Bertz CT molecular complexity index is 840. The molecule has 0 aromatic carbocycles. The maximum atomic E-state index is 12.6. The largest absolute Gasteiger partial charge is 0.492 e. The fourth-order valence-electron chi connectivity index (χ4n) is 3.25. The van der Waals surface area contributed by atoms with Crippen LogP contribution in [0.2, 0.25) is 0 Å². The van der Waals surface area contributed by atoms with Gasteiger partial charge < -0.3 is 14.1 Å². The molecule has 1 aliphatic rings. The van der Waals surface area contributed by atoms with Gasteiger partial charge in [0.25, 0.3) is 5.91 Å². The first-order valence-electron chi connectivity index (χ1n) is 8.42. The lowest BCUT2D eigenvalue weighted by Gasteiger charge is -2.17. The van der Waals surface area contributed by atoms with Crippen LogP contribution in [0.1, 0.15) is 22.1 Å². The summed E-state index contributed by atoms with van der Waals surface area (Å²) in [6.07, 6.45) is 7.80. The van der Waals surface area contributed by atoms with Gasteiger partial charge in [0, 0.05) is 43.0 Å². The number of carbonyl (C=O) groups is 1. The monoisotopic (exact) mass is 350 g/mol. The minimum atomic E-state index is -0.136. The minimum absolute atomic E-state index is 0.101. The van der Waals surface area contributed by atoms with Gasteiger partial charge in [-0.2, -0.15) is 0 Å². The van der Waals surface area contributed by atoms with E-state index in [0.717, 1.165) is 5.69 Å². The number of carbonyl (C=O) groups excluding carboxylic acids is 1. The third-order valence-corrected chi connectivity index (χ3v) is 4.55. The fraction of sp³-hybridized carbons (Fsp3) is 0.263. The van der Waals surface area contributed by atoms with Crippen LogP contribution >= 0.6 is 0 Å². The average molecular weight is 350 g/mol. The molecule has 3 aromatic heterocycles. The van der Waals surface area contributed by atoms with E-state index in [2.05, 4.69) is 15.0 Å². The van der Waals surface area contributed by atoms with Crippen LogP contribution in [-0.2, 0) is 0 Å². The molecular formula is C19H18N4O3. The molecule has 26 heavy (non-hydrogen) atoms. The predicted octanol–water partition coefficient (Wildman–Crippen LogP) is 2.40. The van der Waals surface area contributed by atoms with Crippen molar-refractivity contribution in [3.05, 3.63) is 73.0 Å². The summed E-state index contributed by atoms with van der Waals surface area (Å²) < 4.78 is 10.8. The quantitative estimate of drug-likeness (QED) is 0.703. The molecule has 0 aliphatic carbocycles. The van der Waals surface area contributed by atoms with E-state index in [-0.39, 0.29) is 17.7 Å². The number of pyridine rings is 2. The van der Waals surface area contributed by atoms with Gasteiger partial charge in [-0.15, -0.1) is 0 Å². The topological polar surface area (TPSA) is 81.4 Å². The second-order valence-corrected chi connectivity index (χ2v) is 6.20. The Morgan fingerprint density at radius 1 is 1.19 bits per heavy atom. The normalized spacial score (nSPS) is 19.5. The van der Waals surface area contributed by atoms with E-state index in [1.54, 1.807) is 23.5 Å². The smallest absolute Gasteiger partial charge is 0.275 e. The van der Waals surface area contributed by atoms with Gasteiger partial charge in [-0.25, -0.2) is 4.98 Å². The molecule has 4 heterocycles. The van der Waals surface area contributed by atoms with Crippen molar-refractivity contribution in [3.8, 4) is 5.75 Å². The van der Waals surface area contributed by atoms with Crippen LogP contribution in [0.5, 0.6) is 5.75 Å². The second-order valence-electron chi connectivity index (χ2n) is 6.20. The van der Waals surface area contributed by atoms with E-state index in [0.29, 0.717) is 31.1 Å². The van der Waals surface area contributed by atoms with Crippen molar-refractivity contribution in [1.82, 2.24) is 19.9 Å². The molecule has 0 radical (unpaired) electrons. The van der Waals surface area contributed by atoms with Crippen molar-refractivity contribution in [1.29, 1.82) is 0 Å². The SMILES string of the molecule is O=C(c1cocn1)N1C[C@@H](COc2cccnc2)[C@H](c2ccccn2)C1. The number of rotatable bonds is 5.